The largest absolute Gasteiger partial charge is 0.497 e. The molecule has 0 aromatic heterocycles. The minimum absolute atomic E-state index is 0.0987. The number of carbonyl (C=O) groups excluding carboxylic acids is 1. The minimum atomic E-state index is -3.37. The molecule has 0 aliphatic carbocycles. The second-order valence-electron chi connectivity index (χ2n) is 4.99. The summed E-state index contributed by atoms with van der Waals surface area (Å²) in [5.41, 5.74) is 1.08. The Balaban J connectivity index is 2.13. The fourth-order valence-corrected chi connectivity index (χ4v) is 2.77. The van der Waals surface area contributed by atoms with Gasteiger partial charge in [0.15, 0.2) is 9.84 Å². The Labute approximate surface area is 140 Å². The topological polar surface area (TPSA) is 72.5 Å². The molecule has 2 aromatic rings. The van der Waals surface area contributed by atoms with Crippen molar-refractivity contribution in [1.82, 2.24) is 0 Å². The highest BCUT2D eigenvalue weighted by Gasteiger charge is 2.12. The maximum atomic E-state index is 12.1. The van der Waals surface area contributed by atoms with Crippen LogP contribution >= 0.6 is 11.6 Å². The molecule has 5 nitrogen and oxygen atoms in total. The van der Waals surface area contributed by atoms with Crippen LogP contribution in [0.1, 0.15) is 5.56 Å². The number of carbonyl (C=O) groups is 1. The summed E-state index contributed by atoms with van der Waals surface area (Å²) in [6.45, 7) is 0. The van der Waals surface area contributed by atoms with Crippen molar-refractivity contribution in [2.24, 2.45) is 0 Å². The summed E-state index contributed by atoms with van der Waals surface area (Å²) in [6, 6.07) is 11.3. The van der Waals surface area contributed by atoms with E-state index < -0.39 is 9.84 Å². The lowest BCUT2D eigenvalue weighted by molar-refractivity contribution is -0.115. The standard InChI is InChI=1S/C16H16ClNO4S/c1-22-12-5-3-11(4-6-12)9-16(19)18-15-10-13(23(2,20)21)7-8-14(15)17/h3-8,10H,9H2,1-2H3,(H,18,19). The first-order chi connectivity index (χ1) is 10.8. The van der Waals surface area contributed by atoms with Crippen molar-refractivity contribution < 1.29 is 17.9 Å². The SMILES string of the molecule is COc1ccc(CC(=O)Nc2cc(S(C)(=O)=O)ccc2Cl)cc1. The van der Waals surface area contributed by atoms with Gasteiger partial charge in [-0.15, -0.1) is 0 Å². The van der Waals surface area contributed by atoms with Gasteiger partial charge >= 0.3 is 0 Å². The van der Waals surface area contributed by atoms with Gasteiger partial charge in [0.25, 0.3) is 0 Å². The predicted octanol–water partition coefficient (Wildman–Crippen LogP) is 2.93. The van der Waals surface area contributed by atoms with E-state index in [1.807, 2.05) is 0 Å². The summed E-state index contributed by atoms with van der Waals surface area (Å²) in [4.78, 5) is 12.2. The maximum absolute atomic E-state index is 12.1. The highest BCUT2D eigenvalue weighted by Crippen LogP contribution is 2.25. The van der Waals surface area contributed by atoms with Crippen molar-refractivity contribution in [3.63, 3.8) is 0 Å². The second-order valence-corrected chi connectivity index (χ2v) is 7.41. The van der Waals surface area contributed by atoms with Crippen LogP contribution in [0.5, 0.6) is 5.75 Å². The number of nitrogens with one attached hydrogen (secondary N) is 1. The Morgan fingerprint density at radius 2 is 1.83 bits per heavy atom. The Bertz CT molecular complexity index is 816. The van der Waals surface area contributed by atoms with Crippen molar-refractivity contribution in [2.45, 2.75) is 11.3 Å². The molecule has 0 atom stereocenters. The van der Waals surface area contributed by atoms with Gasteiger partial charge in [0.05, 0.1) is 29.1 Å². The molecule has 0 saturated heterocycles. The molecule has 7 heteroatoms. The third kappa shape index (κ3) is 4.71. The molecule has 2 rings (SSSR count). The molecule has 0 aliphatic rings. The van der Waals surface area contributed by atoms with Gasteiger partial charge in [-0.25, -0.2) is 8.42 Å². The number of ether oxygens (including phenoxy) is 1. The summed E-state index contributed by atoms with van der Waals surface area (Å²) in [5.74, 6) is 0.417. The maximum Gasteiger partial charge on any atom is 0.228 e. The molecule has 0 fully saturated rings. The fourth-order valence-electron chi connectivity index (χ4n) is 1.95. The summed E-state index contributed by atoms with van der Waals surface area (Å²) in [7, 11) is -1.80. The molecular formula is C16H16ClNO4S. The first kappa shape index (κ1) is 17.3. The van der Waals surface area contributed by atoms with Gasteiger partial charge in [0, 0.05) is 6.26 Å². The van der Waals surface area contributed by atoms with E-state index in [9.17, 15) is 13.2 Å². The lowest BCUT2D eigenvalue weighted by Crippen LogP contribution is -2.15. The van der Waals surface area contributed by atoms with Crippen LogP contribution in [0.15, 0.2) is 47.4 Å². The van der Waals surface area contributed by atoms with Crippen LogP contribution in [0, 0.1) is 0 Å². The average molecular weight is 354 g/mol. The Morgan fingerprint density at radius 3 is 2.39 bits per heavy atom. The van der Waals surface area contributed by atoms with Gasteiger partial charge in [-0.1, -0.05) is 23.7 Å². The van der Waals surface area contributed by atoms with Gasteiger partial charge in [0.1, 0.15) is 5.75 Å². The van der Waals surface area contributed by atoms with Crippen molar-refractivity contribution in [2.75, 3.05) is 18.7 Å². The molecule has 0 spiro atoms. The third-order valence-electron chi connectivity index (χ3n) is 3.16. The van der Waals surface area contributed by atoms with Crippen LogP contribution in [-0.2, 0) is 21.1 Å². The number of benzene rings is 2. The first-order valence-electron chi connectivity index (χ1n) is 6.72. The molecule has 0 bridgehead atoms. The Morgan fingerprint density at radius 1 is 1.17 bits per heavy atom. The third-order valence-corrected chi connectivity index (χ3v) is 4.60. The van der Waals surface area contributed by atoms with Crippen LogP contribution in [0.4, 0.5) is 5.69 Å². The lowest BCUT2D eigenvalue weighted by atomic mass is 10.1. The summed E-state index contributed by atoms with van der Waals surface area (Å²) >= 11 is 6.01. The van der Waals surface area contributed by atoms with Gasteiger partial charge in [-0.2, -0.15) is 0 Å². The quantitative estimate of drug-likeness (QED) is 0.897. The molecule has 23 heavy (non-hydrogen) atoms. The zero-order valence-corrected chi connectivity index (χ0v) is 14.2. The van der Waals surface area contributed by atoms with E-state index in [-0.39, 0.29) is 27.9 Å². The lowest BCUT2D eigenvalue weighted by Gasteiger charge is -2.09. The molecule has 2 aromatic carbocycles. The normalized spacial score (nSPS) is 11.1. The van der Waals surface area contributed by atoms with Crippen LogP contribution in [-0.4, -0.2) is 27.7 Å². The number of halogens is 1. The molecule has 0 saturated carbocycles. The number of rotatable bonds is 5. The zero-order chi connectivity index (χ0) is 17.0. The van der Waals surface area contributed by atoms with Crippen molar-refractivity contribution in [1.29, 1.82) is 0 Å². The number of amides is 1. The number of anilines is 1. The van der Waals surface area contributed by atoms with Gasteiger partial charge in [-0.05, 0) is 35.9 Å². The Hall–Kier alpha value is -2.05. The highest BCUT2D eigenvalue weighted by molar-refractivity contribution is 7.90. The molecule has 122 valence electrons. The zero-order valence-electron chi connectivity index (χ0n) is 12.7. The minimum Gasteiger partial charge on any atom is -0.497 e. The number of hydrogen-bond donors (Lipinski definition) is 1. The van der Waals surface area contributed by atoms with E-state index in [0.29, 0.717) is 5.75 Å². The van der Waals surface area contributed by atoms with Crippen LogP contribution in [0.2, 0.25) is 5.02 Å². The van der Waals surface area contributed by atoms with E-state index in [0.717, 1.165) is 11.8 Å². The molecule has 1 amide bonds. The monoisotopic (exact) mass is 353 g/mol. The van der Waals surface area contributed by atoms with E-state index >= 15 is 0 Å². The Kier molecular flexibility index (Phi) is 5.28. The number of hydrogen-bond acceptors (Lipinski definition) is 4. The van der Waals surface area contributed by atoms with Gasteiger partial charge in [-0.3, -0.25) is 4.79 Å². The fraction of sp³-hybridized carbons (Fsp3) is 0.188. The molecular weight excluding hydrogens is 338 g/mol. The summed E-state index contributed by atoms with van der Waals surface area (Å²) in [5, 5.41) is 2.91. The van der Waals surface area contributed by atoms with E-state index in [1.54, 1.807) is 31.4 Å². The predicted molar refractivity (Wildman–Crippen MR) is 89.9 cm³/mol. The second kappa shape index (κ2) is 7.02. The first-order valence-corrected chi connectivity index (χ1v) is 8.99. The summed E-state index contributed by atoms with van der Waals surface area (Å²) in [6.07, 6.45) is 1.24. The molecule has 0 unspecified atom stereocenters. The van der Waals surface area contributed by atoms with Crippen LogP contribution in [0.25, 0.3) is 0 Å². The highest BCUT2D eigenvalue weighted by atomic mass is 35.5. The number of methoxy groups -OCH3 is 1. The molecule has 0 aliphatic heterocycles. The van der Waals surface area contributed by atoms with E-state index in [1.165, 1.54) is 18.2 Å². The van der Waals surface area contributed by atoms with Crippen LogP contribution < -0.4 is 10.1 Å². The van der Waals surface area contributed by atoms with Gasteiger partial charge in [0.2, 0.25) is 5.91 Å². The molecule has 0 radical (unpaired) electrons. The van der Waals surface area contributed by atoms with Crippen molar-refractivity contribution >= 4 is 33.0 Å². The molecule has 0 heterocycles. The van der Waals surface area contributed by atoms with Crippen molar-refractivity contribution in [3.8, 4) is 5.75 Å². The van der Waals surface area contributed by atoms with Gasteiger partial charge < -0.3 is 10.1 Å². The summed E-state index contributed by atoms with van der Waals surface area (Å²) < 4.78 is 28.2. The average Bonchev–Trinajstić information content (AvgIpc) is 2.49. The van der Waals surface area contributed by atoms with Crippen molar-refractivity contribution in [3.05, 3.63) is 53.1 Å². The van der Waals surface area contributed by atoms with E-state index in [2.05, 4.69) is 5.32 Å². The van der Waals surface area contributed by atoms with Crippen LogP contribution in [0.3, 0.4) is 0 Å². The smallest absolute Gasteiger partial charge is 0.228 e. The molecule has 1 N–H and O–H groups in total. The number of sulfone groups is 1. The van der Waals surface area contributed by atoms with E-state index in [4.69, 9.17) is 16.3 Å².